The Morgan fingerprint density at radius 3 is 2.32 bits per heavy atom. The number of aliphatic imine (C=N–C) groups is 1. The zero-order chi connectivity index (χ0) is 14.7. The number of hydrogen-bond donors (Lipinski definition) is 3. The highest BCUT2D eigenvalue weighted by Crippen LogP contribution is 1.95. The Balaban J connectivity index is 3.68. The number of nitrogens with zero attached hydrogens (tertiary/aromatic N) is 1. The van der Waals surface area contributed by atoms with Crippen LogP contribution in [-0.4, -0.2) is 46.8 Å². The molecule has 0 aliphatic carbocycles. The lowest BCUT2D eigenvalue weighted by atomic mass is 10.1. The van der Waals surface area contributed by atoms with Gasteiger partial charge in [-0.2, -0.15) is 0 Å². The first-order chi connectivity index (χ1) is 8.91. The van der Waals surface area contributed by atoms with Gasteiger partial charge in [-0.3, -0.25) is 4.99 Å². The van der Waals surface area contributed by atoms with Gasteiger partial charge in [-0.1, -0.05) is 13.8 Å². The number of hydrogen-bond acceptors (Lipinski definition) is 3. The number of guanidine groups is 1. The summed E-state index contributed by atoms with van der Waals surface area (Å²) in [5, 5.41) is 6.37. The Morgan fingerprint density at radius 1 is 1.16 bits per heavy atom. The van der Waals surface area contributed by atoms with Crippen molar-refractivity contribution in [1.29, 1.82) is 0 Å². The minimum Gasteiger partial charge on any atom is -0.356 e. The third-order valence-corrected chi connectivity index (χ3v) is 3.99. The summed E-state index contributed by atoms with van der Waals surface area (Å²) in [7, 11) is -1.35. The molecule has 0 amide bonds. The average molecular weight is 292 g/mol. The second kappa shape index (κ2) is 10.0. The van der Waals surface area contributed by atoms with Crippen LogP contribution in [0.15, 0.2) is 4.99 Å². The largest absolute Gasteiger partial charge is 0.356 e. The molecule has 0 aromatic rings. The van der Waals surface area contributed by atoms with Crippen LogP contribution >= 0.6 is 0 Å². The minimum absolute atomic E-state index is 0.124. The SMILES string of the molecule is CCS(=O)(=O)NCCCNC(=NC)NCCC(C)C. The van der Waals surface area contributed by atoms with E-state index in [1.807, 2.05) is 0 Å². The van der Waals surface area contributed by atoms with Gasteiger partial charge in [0.25, 0.3) is 0 Å². The summed E-state index contributed by atoms with van der Waals surface area (Å²) in [4.78, 5) is 4.10. The number of rotatable bonds is 9. The van der Waals surface area contributed by atoms with E-state index in [-0.39, 0.29) is 5.75 Å². The highest BCUT2D eigenvalue weighted by molar-refractivity contribution is 7.89. The molecule has 0 atom stereocenters. The zero-order valence-corrected chi connectivity index (χ0v) is 13.3. The van der Waals surface area contributed by atoms with Crippen molar-refractivity contribution < 1.29 is 8.42 Å². The summed E-state index contributed by atoms with van der Waals surface area (Å²) in [6.45, 7) is 8.01. The van der Waals surface area contributed by atoms with E-state index in [1.165, 1.54) is 0 Å². The molecule has 7 heteroatoms. The molecule has 0 fully saturated rings. The Hall–Kier alpha value is -0.820. The Bertz CT molecular complexity index is 353. The first kappa shape index (κ1) is 18.2. The topological polar surface area (TPSA) is 82.6 Å². The molecule has 3 N–H and O–H groups in total. The lowest BCUT2D eigenvalue weighted by Crippen LogP contribution is -2.39. The van der Waals surface area contributed by atoms with Gasteiger partial charge < -0.3 is 10.6 Å². The smallest absolute Gasteiger partial charge is 0.211 e. The van der Waals surface area contributed by atoms with Crippen molar-refractivity contribution in [2.75, 3.05) is 32.4 Å². The third kappa shape index (κ3) is 10.8. The predicted octanol–water partition coefficient (Wildman–Crippen LogP) is 0.527. The standard InChI is InChI=1S/C12H28N4O2S/c1-5-19(17,18)16-9-6-8-14-12(13-4)15-10-7-11(2)3/h11,16H,5-10H2,1-4H3,(H2,13,14,15). The number of nitrogens with one attached hydrogen (secondary N) is 3. The van der Waals surface area contributed by atoms with E-state index in [0.29, 0.717) is 19.0 Å². The van der Waals surface area contributed by atoms with Crippen molar-refractivity contribution in [2.45, 2.75) is 33.6 Å². The van der Waals surface area contributed by atoms with Crippen LogP contribution in [0, 0.1) is 5.92 Å². The quantitative estimate of drug-likeness (QED) is 0.329. The molecule has 0 aliphatic heterocycles. The molecule has 19 heavy (non-hydrogen) atoms. The van der Waals surface area contributed by atoms with E-state index < -0.39 is 10.0 Å². The number of sulfonamides is 1. The fourth-order valence-electron chi connectivity index (χ4n) is 1.32. The van der Waals surface area contributed by atoms with Crippen molar-refractivity contribution in [3.63, 3.8) is 0 Å². The van der Waals surface area contributed by atoms with E-state index in [1.54, 1.807) is 14.0 Å². The van der Waals surface area contributed by atoms with Crippen LogP contribution in [0.1, 0.15) is 33.6 Å². The van der Waals surface area contributed by atoms with Crippen LogP contribution < -0.4 is 15.4 Å². The minimum atomic E-state index is -3.07. The molecule has 0 unspecified atom stereocenters. The molecule has 0 aromatic carbocycles. The molecule has 0 spiro atoms. The first-order valence-corrected chi connectivity index (χ1v) is 8.48. The highest BCUT2D eigenvalue weighted by atomic mass is 32.2. The van der Waals surface area contributed by atoms with E-state index in [2.05, 4.69) is 34.2 Å². The maximum atomic E-state index is 11.2. The zero-order valence-electron chi connectivity index (χ0n) is 12.5. The molecule has 0 aromatic heterocycles. The van der Waals surface area contributed by atoms with Gasteiger partial charge in [0.2, 0.25) is 10.0 Å². The molecular formula is C12H28N4O2S. The van der Waals surface area contributed by atoms with Gasteiger partial charge in [0.15, 0.2) is 5.96 Å². The van der Waals surface area contributed by atoms with Crippen LogP contribution in [-0.2, 0) is 10.0 Å². The fraction of sp³-hybridized carbons (Fsp3) is 0.917. The maximum Gasteiger partial charge on any atom is 0.211 e. The van der Waals surface area contributed by atoms with Gasteiger partial charge in [0.05, 0.1) is 5.75 Å². The molecule has 0 rings (SSSR count). The summed E-state index contributed by atoms with van der Waals surface area (Å²) in [5.74, 6) is 1.55. The first-order valence-electron chi connectivity index (χ1n) is 6.83. The van der Waals surface area contributed by atoms with Gasteiger partial charge in [0, 0.05) is 26.7 Å². The molecule has 0 radical (unpaired) electrons. The molecule has 0 saturated heterocycles. The van der Waals surface area contributed by atoms with Gasteiger partial charge in [-0.25, -0.2) is 13.1 Å². The summed E-state index contributed by atoms with van der Waals surface area (Å²) in [6.07, 6.45) is 1.82. The van der Waals surface area contributed by atoms with Gasteiger partial charge in [-0.05, 0) is 25.7 Å². The van der Waals surface area contributed by atoms with Crippen molar-refractivity contribution >= 4 is 16.0 Å². The average Bonchev–Trinajstić information content (AvgIpc) is 2.35. The van der Waals surface area contributed by atoms with Gasteiger partial charge in [-0.15, -0.1) is 0 Å². The predicted molar refractivity (Wildman–Crippen MR) is 80.9 cm³/mol. The van der Waals surface area contributed by atoms with Crippen molar-refractivity contribution in [1.82, 2.24) is 15.4 Å². The maximum absolute atomic E-state index is 11.2. The van der Waals surface area contributed by atoms with E-state index in [9.17, 15) is 8.42 Å². The second-order valence-corrected chi connectivity index (χ2v) is 6.86. The van der Waals surface area contributed by atoms with Crippen LogP contribution in [0.3, 0.4) is 0 Å². The Kier molecular flexibility index (Phi) is 9.59. The lowest BCUT2D eigenvalue weighted by molar-refractivity contribution is 0.571. The molecule has 0 saturated carbocycles. The molecule has 0 aliphatic rings. The van der Waals surface area contributed by atoms with Crippen LogP contribution in [0.5, 0.6) is 0 Å². The highest BCUT2D eigenvalue weighted by Gasteiger charge is 2.04. The molecule has 0 heterocycles. The summed E-state index contributed by atoms with van der Waals surface area (Å²) in [6, 6.07) is 0. The fourth-order valence-corrected chi connectivity index (χ4v) is 1.98. The van der Waals surface area contributed by atoms with E-state index in [4.69, 9.17) is 0 Å². The summed E-state index contributed by atoms with van der Waals surface area (Å²) in [5.41, 5.74) is 0. The molecule has 0 bridgehead atoms. The summed E-state index contributed by atoms with van der Waals surface area (Å²) >= 11 is 0. The van der Waals surface area contributed by atoms with E-state index >= 15 is 0 Å². The second-order valence-electron chi connectivity index (χ2n) is 4.76. The van der Waals surface area contributed by atoms with Crippen LogP contribution in [0.2, 0.25) is 0 Å². The molecule has 6 nitrogen and oxygen atoms in total. The van der Waals surface area contributed by atoms with E-state index in [0.717, 1.165) is 25.3 Å². The third-order valence-electron chi connectivity index (χ3n) is 2.59. The van der Waals surface area contributed by atoms with Crippen molar-refractivity contribution in [3.8, 4) is 0 Å². The normalized spacial score (nSPS) is 12.8. The molecule has 114 valence electrons. The van der Waals surface area contributed by atoms with Crippen LogP contribution in [0.4, 0.5) is 0 Å². The Morgan fingerprint density at radius 2 is 1.79 bits per heavy atom. The van der Waals surface area contributed by atoms with Crippen molar-refractivity contribution in [2.24, 2.45) is 10.9 Å². The molecular weight excluding hydrogens is 264 g/mol. The van der Waals surface area contributed by atoms with Gasteiger partial charge in [0.1, 0.15) is 0 Å². The lowest BCUT2D eigenvalue weighted by Gasteiger charge is -2.12. The monoisotopic (exact) mass is 292 g/mol. The van der Waals surface area contributed by atoms with Gasteiger partial charge >= 0.3 is 0 Å². The Labute approximate surface area is 117 Å². The summed E-state index contributed by atoms with van der Waals surface area (Å²) < 4.78 is 24.9. The van der Waals surface area contributed by atoms with Crippen molar-refractivity contribution in [3.05, 3.63) is 0 Å². The van der Waals surface area contributed by atoms with Crippen LogP contribution in [0.25, 0.3) is 0 Å².